The quantitative estimate of drug-likeness (QED) is 0.219. The predicted molar refractivity (Wildman–Crippen MR) is 135 cm³/mol. The Bertz CT molecular complexity index is 1300. The zero-order valence-corrected chi connectivity index (χ0v) is 19.3. The van der Waals surface area contributed by atoms with Crippen molar-refractivity contribution in [1.82, 2.24) is 5.32 Å². The van der Waals surface area contributed by atoms with Gasteiger partial charge in [0.2, 0.25) is 5.78 Å². The van der Waals surface area contributed by atoms with E-state index in [1.165, 1.54) is 5.56 Å². The van der Waals surface area contributed by atoms with Crippen molar-refractivity contribution >= 4 is 50.4 Å². The van der Waals surface area contributed by atoms with E-state index in [0.717, 1.165) is 22.4 Å². The van der Waals surface area contributed by atoms with Gasteiger partial charge in [0.15, 0.2) is 5.76 Å². The number of fused-ring (bicyclic) bond motifs is 1. The van der Waals surface area contributed by atoms with Crippen molar-refractivity contribution in [2.45, 2.75) is 19.8 Å². The van der Waals surface area contributed by atoms with E-state index in [0.29, 0.717) is 16.5 Å². The van der Waals surface area contributed by atoms with Gasteiger partial charge in [0.25, 0.3) is 5.91 Å². The van der Waals surface area contributed by atoms with E-state index in [1.807, 2.05) is 42.5 Å². The third kappa shape index (κ3) is 4.54. The number of para-hydroxylation sites is 1. The van der Waals surface area contributed by atoms with Crippen molar-refractivity contribution in [3.63, 3.8) is 0 Å². The maximum absolute atomic E-state index is 13.3. The second-order valence-corrected chi connectivity index (χ2v) is 8.95. The first-order valence-corrected chi connectivity index (χ1v) is 11.4. The number of amides is 1. The average molecular weight is 460 g/mol. The number of carbonyl (C=O) groups is 2. The molecule has 4 rings (SSSR count). The minimum absolute atomic E-state index is 0.119. The van der Waals surface area contributed by atoms with Crippen molar-refractivity contribution in [2.24, 2.45) is 0 Å². The molecule has 0 atom stereocenters. The highest BCUT2D eigenvalue weighted by atomic mass is 32.1. The summed E-state index contributed by atoms with van der Waals surface area (Å²) in [6, 6.07) is 17.0. The van der Waals surface area contributed by atoms with Crippen LogP contribution in [0, 0.1) is 0 Å². The van der Waals surface area contributed by atoms with Gasteiger partial charge in [-0.25, -0.2) is 0 Å². The van der Waals surface area contributed by atoms with Crippen LogP contribution in [-0.2, 0) is 0 Å². The summed E-state index contributed by atoms with van der Waals surface area (Å²) in [6.07, 6.45) is 1.58. The van der Waals surface area contributed by atoms with Gasteiger partial charge in [0, 0.05) is 17.6 Å². The molecule has 0 bridgehead atoms. The highest BCUT2D eigenvalue weighted by molar-refractivity contribution is 7.19. The van der Waals surface area contributed by atoms with E-state index >= 15 is 0 Å². The molecule has 4 N–H and O–H groups in total. The van der Waals surface area contributed by atoms with Crippen LogP contribution in [0.25, 0.3) is 11.0 Å². The van der Waals surface area contributed by atoms with E-state index in [1.54, 1.807) is 18.2 Å². The Balaban J connectivity index is 1.73. The molecular formula is C26H25N3O3S. The molecule has 168 valence electrons. The highest BCUT2D eigenvalue weighted by Crippen LogP contribution is 2.39. The number of anilines is 3. The summed E-state index contributed by atoms with van der Waals surface area (Å²) < 4.78 is 5.73. The Morgan fingerprint density at radius 3 is 2.55 bits per heavy atom. The Kier molecular flexibility index (Phi) is 6.33. The molecule has 0 radical (unpaired) electrons. The van der Waals surface area contributed by atoms with Crippen LogP contribution in [-0.4, -0.2) is 18.2 Å². The Morgan fingerprint density at radius 2 is 1.88 bits per heavy atom. The fourth-order valence-corrected chi connectivity index (χ4v) is 4.55. The lowest BCUT2D eigenvalue weighted by atomic mass is 10.0. The number of thiophene rings is 1. The van der Waals surface area contributed by atoms with Gasteiger partial charge in [0.1, 0.15) is 15.5 Å². The second kappa shape index (κ2) is 9.34. The lowest BCUT2D eigenvalue weighted by molar-refractivity contribution is 0.0960. The van der Waals surface area contributed by atoms with E-state index in [-0.39, 0.29) is 40.1 Å². The first-order chi connectivity index (χ1) is 15.9. The van der Waals surface area contributed by atoms with Gasteiger partial charge in [-0.3, -0.25) is 9.59 Å². The van der Waals surface area contributed by atoms with Crippen molar-refractivity contribution in [3.05, 3.63) is 89.0 Å². The smallest absolute Gasteiger partial charge is 0.256 e. The van der Waals surface area contributed by atoms with E-state index in [2.05, 4.69) is 31.1 Å². The maximum atomic E-state index is 13.3. The number of benzene rings is 2. The van der Waals surface area contributed by atoms with Gasteiger partial charge in [-0.2, -0.15) is 0 Å². The normalized spacial score (nSPS) is 11.0. The molecule has 7 heteroatoms. The molecule has 2 aromatic carbocycles. The molecule has 0 fully saturated rings. The minimum atomic E-state index is -0.381. The SMILES string of the molecule is C=CCNC(=O)c1c(Nc2ccc(C(C)C)cc2)sc(C(=O)c2cc3ccccc3o2)c1N. The zero-order chi connectivity index (χ0) is 23.5. The number of carbonyl (C=O) groups excluding carboxylic acids is 2. The maximum Gasteiger partial charge on any atom is 0.256 e. The Hall–Kier alpha value is -3.84. The average Bonchev–Trinajstić information content (AvgIpc) is 3.38. The van der Waals surface area contributed by atoms with Crippen molar-refractivity contribution in [1.29, 1.82) is 0 Å². The van der Waals surface area contributed by atoms with Crippen LogP contribution in [0.4, 0.5) is 16.4 Å². The van der Waals surface area contributed by atoms with Crippen LogP contribution in [0.5, 0.6) is 0 Å². The third-order valence-corrected chi connectivity index (χ3v) is 6.39. The first-order valence-electron chi connectivity index (χ1n) is 10.6. The van der Waals surface area contributed by atoms with Gasteiger partial charge < -0.3 is 20.8 Å². The summed E-state index contributed by atoms with van der Waals surface area (Å²) >= 11 is 1.13. The van der Waals surface area contributed by atoms with Crippen LogP contribution in [0.1, 0.15) is 51.1 Å². The molecule has 2 aromatic heterocycles. The van der Waals surface area contributed by atoms with Gasteiger partial charge in [0.05, 0.1) is 11.3 Å². The molecule has 33 heavy (non-hydrogen) atoms. The fourth-order valence-electron chi connectivity index (χ4n) is 3.47. The summed E-state index contributed by atoms with van der Waals surface area (Å²) in [5.74, 6) is -0.164. The second-order valence-electron chi connectivity index (χ2n) is 7.93. The molecule has 0 saturated heterocycles. The van der Waals surface area contributed by atoms with Crippen LogP contribution < -0.4 is 16.4 Å². The van der Waals surface area contributed by atoms with Gasteiger partial charge in [-0.05, 0) is 35.7 Å². The first kappa shape index (κ1) is 22.4. The summed E-state index contributed by atoms with van der Waals surface area (Å²) in [4.78, 5) is 26.4. The van der Waals surface area contributed by atoms with E-state index < -0.39 is 0 Å². The number of nitrogens with two attached hydrogens (primary N) is 1. The summed E-state index contributed by atoms with van der Waals surface area (Å²) in [7, 11) is 0. The van der Waals surface area contributed by atoms with Gasteiger partial charge in [-0.1, -0.05) is 50.3 Å². The number of hydrogen-bond acceptors (Lipinski definition) is 6. The molecule has 0 unspecified atom stereocenters. The molecule has 6 nitrogen and oxygen atoms in total. The largest absolute Gasteiger partial charge is 0.453 e. The highest BCUT2D eigenvalue weighted by Gasteiger charge is 2.28. The summed E-state index contributed by atoms with van der Waals surface area (Å²) in [5.41, 5.74) is 9.31. The van der Waals surface area contributed by atoms with Crippen molar-refractivity contribution < 1.29 is 14.0 Å². The van der Waals surface area contributed by atoms with Crippen LogP contribution in [0.3, 0.4) is 0 Å². The van der Waals surface area contributed by atoms with Gasteiger partial charge >= 0.3 is 0 Å². The Labute approximate surface area is 196 Å². The third-order valence-electron chi connectivity index (χ3n) is 5.27. The molecule has 4 aromatic rings. The molecular weight excluding hydrogens is 434 g/mol. The van der Waals surface area contributed by atoms with E-state index in [4.69, 9.17) is 10.2 Å². The summed E-state index contributed by atoms with van der Waals surface area (Å²) in [5, 5.41) is 7.32. The van der Waals surface area contributed by atoms with Crippen LogP contribution in [0.15, 0.2) is 71.7 Å². The molecule has 0 aliphatic rings. The predicted octanol–water partition coefficient (Wildman–Crippen LogP) is 6.09. The zero-order valence-electron chi connectivity index (χ0n) is 18.5. The lowest BCUT2D eigenvalue weighted by Gasteiger charge is -2.10. The number of ketones is 1. The molecule has 1 amide bonds. The minimum Gasteiger partial charge on any atom is -0.453 e. The molecule has 0 saturated carbocycles. The molecule has 0 spiro atoms. The topological polar surface area (TPSA) is 97.4 Å². The summed E-state index contributed by atoms with van der Waals surface area (Å²) in [6.45, 7) is 8.16. The fraction of sp³-hybridized carbons (Fsp3) is 0.154. The lowest BCUT2D eigenvalue weighted by Crippen LogP contribution is -2.24. The number of furan rings is 1. The number of hydrogen-bond donors (Lipinski definition) is 3. The van der Waals surface area contributed by atoms with Crippen LogP contribution >= 0.6 is 11.3 Å². The molecule has 2 heterocycles. The number of rotatable bonds is 8. The number of nitrogen functional groups attached to an aromatic ring is 1. The van der Waals surface area contributed by atoms with Crippen molar-refractivity contribution in [3.8, 4) is 0 Å². The van der Waals surface area contributed by atoms with Crippen molar-refractivity contribution in [2.75, 3.05) is 17.6 Å². The molecule has 0 aliphatic heterocycles. The van der Waals surface area contributed by atoms with Gasteiger partial charge in [-0.15, -0.1) is 17.9 Å². The van der Waals surface area contributed by atoms with E-state index in [9.17, 15) is 9.59 Å². The Morgan fingerprint density at radius 1 is 1.15 bits per heavy atom. The standard InChI is InChI=1S/C26H25N3O3S/c1-4-13-28-25(31)21-22(27)24(23(30)20-14-17-7-5-6-8-19(17)32-20)33-26(21)29-18-11-9-16(10-12-18)15(2)3/h4-12,14-15,29H,1,13,27H2,2-3H3,(H,28,31). The monoisotopic (exact) mass is 459 g/mol. The van der Waals surface area contributed by atoms with Crippen LogP contribution in [0.2, 0.25) is 0 Å². The molecule has 0 aliphatic carbocycles. The number of nitrogens with one attached hydrogen (secondary N) is 2.